The van der Waals surface area contributed by atoms with E-state index >= 15 is 0 Å². The highest BCUT2D eigenvalue weighted by Crippen LogP contribution is 2.14. The zero-order valence-corrected chi connectivity index (χ0v) is 10.1. The molecule has 2 heteroatoms. The Kier molecular flexibility index (Phi) is 8.88. The molecule has 1 rings (SSSR count). The van der Waals surface area contributed by atoms with Crippen LogP contribution in [0.25, 0.3) is 0 Å². The SMILES string of the molecule is CC.CCCc1cccc(OCCN)c1.[HH]. The lowest BCUT2D eigenvalue weighted by Gasteiger charge is -2.05. The van der Waals surface area contributed by atoms with Crippen LogP contribution in [0.1, 0.15) is 34.2 Å². The summed E-state index contributed by atoms with van der Waals surface area (Å²) in [5.41, 5.74) is 6.68. The molecule has 1 aromatic rings. The largest absolute Gasteiger partial charge is 0.492 e. The summed E-state index contributed by atoms with van der Waals surface area (Å²) < 4.78 is 5.42. The smallest absolute Gasteiger partial charge is 0.119 e. The molecule has 0 radical (unpaired) electrons. The number of rotatable bonds is 5. The van der Waals surface area contributed by atoms with E-state index in [4.69, 9.17) is 10.5 Å². The van der Waals surface area contributed by atoms with E-state index in [9.17, 15) is 0 Å². The summed E-state index contributed by atoms with van der Waals surface area (Å²) in [6.07, 6.45) is 2.28. The molecule has 15 heavy (non-hydrogen) atoms. The molecular weight excluding hydrogens is 186 g/mol. The number of benzene rings is 1. The van der Waals surface area contributed by atoms with Crippen molar-refractivity contribution in [2.24, 2.45) is 5.73 Å². The first kappa shape index (κ1) is 14.0. The third-order valence-electron chi connectivity index (χ3n) is 1.82. The first-order valence-electron chi connectivity index (χ1n) is 5.78. The summed E-state index contributed by atoms with van der Waals surface area (Å²) in [5, 5.41) is 0. The second kappa shape index (κ2) is 9.53. The van der Waals surface area contributed by atoms with Gasteiger partial charge in [-0.15, -0.1) is 0 Å². The second-order valence-electron chi connectivity index (χ2n) is 3.03. The van der Waals surface area contributed by atoms with Crippen molar-refractivity contribution in [1.82, 2.24) is 0 Å². The number of aryl methyl sites for hydroxylation is 1. The van der Waals surface area contributed by atoms with Crippen molar-refractivity contribution in [1.29, 1.82) is 0 Å². The third-order valence-corrected chi connectivity index (χ3v) is 1.82. The molecule has 2 N–H and O–H groups in total. The maximum atomic E-state index is 5.42. The van der Waals surface area contributed by atoms with Gasteiger partial charge in [-0.05, 0) is 24.1 Å². The van der Waals surface area contributed by atoms with Gasteiger partial charge < -0.3 is 10.5 Å². The maximum absolute atomic E-state index is 5.42. The monoisotopic (exact) mass is 211 g/mol. The molecule has 1 aromatic carbocycles. The van der Waals surface area contributed by atoms with Gasteiger partial charge in [-0.1, -0.05) is 39.3 Å². The summed E-state index contributed by atoms with van der Waals surface area (Å²) in [6.45, 7) is 7.33. The van der Waals surface area contributed by atoms with Crippen molar-refractivity contribution in [3.05, 3.63) is 29.8 Å². The highest BCUT2D eigenvalue weighted by atomic mass is 16.5. The molecule has 0 bridgehead atoms. The standard InChI is InChI=1S/C11H17NO.C2H6.H2/c1-2-4-10-5-3-6-11(9-10)13-8-7-12;1-2;/h3,5-6,9H,2,4,7-8,12H2,1H3;1-2H3;1H. The van der Waals surface area contributed by atoms with E-state index in [1.54, 1.807) is 0 Å². The van der Waals surface area contributed by atoms with Gasteiger partial charge in [0.2, 0.25) is 0 Å². The van der Waals surface area contributed by atoms with Crippen LogP contribution < -0.4 is 10.5 Å². The normalized spacial score (nSPS) is 9.07. The molecule has 0 aliphatic carbocycles. The Bertz CT molecular complexity index is 253. The van der Waals surface area contributed by atoms with Crippen LogP contribution in [0.2, 0.25) is 0 Å². The second-order valence-corrected chi connectivity index (χ2v) is 3.03. The molecular formula is C13H25NO. The molecule has 0 aliphatic rings. The van der Waals surface area contributed by atoms with Gasteiger partial charge in [0.25, 0.3) is 0 Å². The fourth-order valence-corrected chi connectivity index (χ4v) is 1.26. The highest BCUT2D eigenvalue weighted by Gasteiger charge is 1.94. The molecule has 0 atom stereocenters. The van der Waals surface area contributed by atoms with Crippen LogP contribution in [-0.2, 0) is 6.42 Å². The van der Waals surface area contributed by atoms with E-state index in [-0.39, 0.29) is 1.43 Å². The van der Waals surface area contributed by atoms with Gasteiger partial charge in [-0.25, -0.2) is 0 Å². The minimum absolute atomic E-state index is 0. The van der Waals surface area contributed by atoms with Crippen molar-refractivity contribution >= 4 is 0 Å². The molecule has 0 aromatic heterocycles. The minimum atomic E-state index is 0. The Balaban J connectivity index is 0. The van der Waals surface area contributed by atoms with Crippen LogP contribution in [0.5, 0.6) is 5.75 Å². The number of hydrogen-bond acceptors (Lipinski definition) is 2. The van der Waals surface area contributed by atoms with Crippen molar-refractivity contribution in [3.8, 4) is 5.75 Å². The Morgan fingerprint density at radius 3 is 2.67 bits per heavy atom. The molecule has 0 heterocycles. The topological polar surface area (TPSA) is 35.2 Å². The highest BCUT2D eigenvalue weighted by molar-refractivity contribution is 5.28. The van der Waals surface area contributed by atoms with Gasteiger partial charge in [0.15, 0.2) is 0 Å². The summed E-state index contributed by atoms with van der Waals surface area (Å²) in [5.74, 6) is 0.927. The fraction of sp³-hybridized carbons (Fsp3) is 0.538. The molecule has 88 valence electrons. The molecule has 0 saturated carbocycles. The van der Waals surface area contributed by atoms with Crippen LogP contribution in [0.3, 0.4) is 0 Å². The number of ether oxygens (including phenoxy) is 1. The van der Waals surface area contributed by atoms with Gasteiger partial charge >= 0.3 is 0 Å². The maximum Gasteiger partial charge on any atom is 0.119 e. The van der Waals surface area contributed by atoms with Gasteiger partial charge in [-0.2, -0.15) is 0 Å². The van der Waals surface area contributed by atoms with Crippen LogP contribution in [0.4, 0.5) is 0 Å². The summed E-state index contributed by atoms with van der Waals surface area (Å²) in [6, 6.07) is 8.20. The number of nitrogens with two attached hydrogens (primary N) is 1. The average Bonchev–Trinajstić information content (AvgIpc) is 2.30. The Morgan fingerprint density at radius 1 is 1.33 bits per heavy atom. The zero-order chi connectivity index (χ0) is 11.5. The third kappa shape index (κ3) is 6.13. The first-order valence-corrected chi connectivity index (χ1v) is 5.78. The summed E-state index contributed by atoms with van der Waals surface area (Å²) in [4.78, 5) is 0. The predicted octanol–water partition coefficient (Wildman–Crippen LogP) is 3.25. The lowest BCUT2D eigenvalue weighted by molar-refractivity contribution is 0.328. The van der Waals surface area contributed by atoms with Crippen LogP contribution in [0.15, 0.2) is 24.3 Å². The van der Waals surface area contributed by atoms with Crippen molar-refractivity contribution in [2.45, 2.75) is 33.6 Å². The average molecular weight is 211 g/mol. The van der Waals surface area contributed by atoms with Gasteiger partial charge in [0, 0.05) is 7.97 Å². The van der Waals surface area contributed by atoms with Gasteiger partial charge in [0.05, 0.1) is 0 Å². The van der Waals surface area contributed by atoms with E-state index in [0.717, 1.165) is 12.2 Å². The quantitative estimate of drug-likeness (QED) is 0.811. The van der Waals surface area contributed by atoms with E-state index in [2.05, 4.69) is 19.1 Å². The molecule has 0 aliphatic heterocycles. The Labute approximate surface area is 94.9 Å². The van der Waals surface area contributed by atoms with E-state index < -0.39 is 0 Å². The molecule has 0 spiro atoms. The summed E-state index contributed by atoms with van der Waals surface area (Å²) >= 11 is 0. The van der Waals surface area contributed by atoms with E-state index in [0.29, 0.717) is 13.2 Å². The van der Waals surface area contributed by atoms with E-state index in [1.165, 1.54) is 12.0 Å². The number of hydrogen-bond donors (Lipinski definition) is 1. The fourth-order valence-electron chi connectivity index (χ4n) is 1.26. The van der Waals surface area contributed by atoms with Crippen molar-refractivity contribution in [2.75, 3.05) is 13.2 Å². The van der Waals surface area contributed by atoms with Crippen molar-refractivity contribution in [3.63, 3.8) is 0 Å². The first-order chi connectivity index (χ1) is 7.36. The Hall–Kier alpha value is -1.02. The molecule has 0 saturated heterocycles. The zero-order valence-electron chi connectivity index (χ0n) is 10.1. The van der Waals surface area contributed by atoms with Crippen LogP contribution in [0, 0.1) is 0 Å². The molecule has 0 unspecified atom stereocenters. The van der Waals surface area contributed by atoms with Crippen LogP contribution in [-0.4, -0.2) is 13.2 Å². The van der Waals surface area contributed by atoms with E-state index in [1.807, 2.05) is 26.0 Å². The van der Waals surface area contributed by atoms with Crippen LogP contribution >= 0.6 is 0 Å². The summed E-state index contributed by atoms with van der Waals surface area (Å²) in [7, 11) is 0. The lowest BCUT2D eigenvalue weighted by Crippen LogP contribution is -2.10. The molecule has 0 fully saturated rings. The molecule has 2 nitrogen and oxygen atoms in total. The molecule has 0 amide bonds. The van der Waals surface area contributed by atoms with Gasteiger partial charge in [0.1, 0.15) is 12.4 Å². The van der Waals surface area contributed by atoms with Crippen molar-refractivity contribution < 1.29 is 6.16 Å². The van der Waals surface area contributed by atoms with Gasteiger partial charge in [-0.3, -0.25) is 0 Å². The lowest BCUT2D eigenvalue weighted by atomic mass is 10.1. The predicted molar refractivity (Wildman–Crippen MR) is 68.4 cm³/mol. The Morgan fingerprint density at radius 2 is 2.07 bits per heavy atom. The minimum Gasteiger partial charge on any atom is -0.492 e.